The summed E-state index contributed by atoms with van der Waals surface area (Å²) in [6, 6.07) is 0. The molecule has 0 amide bonds. The Morgan fingerprint density at radius 1 is 1.57 bits per heavy atom. The molecule has 0 aromatic carbocycles. The molecule has 0 saturated carbocycles. The fourth-order valence-electron chi connectivity index (χ4n) is 1.54. The molecule has 1 fully saturated rings. The van der Waals surface area contributed by atoms with Crippen molar-refractivity contribution in [3.05, 3.63) is 0 Å². The SMILES string of the molecule is CC1(O)CCN(S(=O)(=O)CCCN)C1. The van der Waals surface area contributed by atoms with E-state index >= 15 is 0 Å². The minimum absolute atomic E-state index is 0.0829. The number of β-amino-alcohol motifs (C(OH)–C–C–N with tert-alkyl or cyclic N) is 1. The van der Waals surface area contributed by atoms with Gasteiger partial charge in [0.15, 0.2) is 0 Å². The smallest absolute Gasteiger partial charge is 0.214 e. The second-order valence-corrected chi connectivity index (χ2v) is 6.13. The van der Waals surface area contributed by atoms with Gasteiger partial charge in [-0.15, -0.1) is 0 Å². The molecule has 1 aliphatic rings. The van der Waals surface area contributed by atoms with E-state index < -0.39 is 15.6 Å². The fraction of sp³-hybridized carbons (Fsp3) is 1.00. The minimum atomic E-state index is -3.20. The summed E-state index contributed by atoms with van der Waals surface area (Å²) in [5, 5.41) is 9.62. The van der Waals surface area contributed by atoms with E-state index in [9.17, 15) is 13.5 Å². The van der Waals surface area contributed by atoms with Crippen molar-refractivity contribution in [1.82, 2.24) is 4.31 Å². The highest BCUT2D eigenvalue weighted by molar-refractivity contribution is 7.89. The third-order valence-electron chi connectivity index (χ3n) is 2.42. The Morgan fingerprint density at radius 2 is 2.21 bits per heavy atom. The van der Waals surface area contributed by atoms with Crippen LogP contribution in [0.15, 0.2) is 0 Å². The Bertz CT molecular complexity index is 287. The van der Waals surface area contributed by atoms with Gasteiger partial charge in [0.1, 0.15) is 0 Å². The third kappa shape index (κ3) is 2.91. The quantitative estimate of drug-likeness (QED) is 0.647. The zero-order valence-electron chi connectivity index (χ0n) is 8.44. The normalized spacial score (nSPS) is 29.6. The van der Waals surface area contributed by atoms with Gasteiger partial charge in [-0.05, 0) is 26.3 Å². The highest BCUT2D eigenvalue weighted by Crippen LogP contribution is 2.23. The molecule has 0 spiro atoms. The number of hydrogen-bond acceptors (Lipinski definition) is 4. The van der Waals surface area contributed by atoms with Crippen molar-refractivity contribution in [2.75, 3.05) is 25.4 Å². The predicted molar refractivity (Wildman–Crippen MR) is 54.3 cm³/mol. The Balaban J connectivity index is 2.58. The van der Waals surface area contributed by atoms with E-state index in [0.29, 0.717) is 25.9 Å². The number of aliphatic hydroxyl groups is 1. The van der Waals surface area contributed by atoms with Crippen LogP contribution < -0.4 is 5.73 Å². The first-order valence-corrected chi connectivity index (χ1v) is 6.39. The first kappa shape index (κ1) is 11.9. The summed E-state index contributed by atoms with van der Waals surface area (Å²) in [6.07, 6.45) is 0.982. The number of sulfonamides is 1. The van der Waals surface area contributed by atoms with Crippen LogP contribution in [-0.4, -0.2) is 48.8 Å². The van der Waals surface area contributed by atoms with E-state index in [1.54, 1.807) is 6.92 Å². The molecule has 1 aliphatic heterocycles. The van der Waals surface area contributed by atoms with Crippen LogP contribution in [0.5, 0.6) is 0 Å². The molecule has 84 valence electrons. The van der Waals surface area contributed by atoms with Crippen molar-refractivity contribution in [2.24, 2.45) is 5.73 Å². The molecule has 6 heteroatoms. The zero-order chi connectivity index (χ0) is 10.8. The van der Waals surface area contributed by atoms with Crippen LogP contribution in [0.4, 0.5) is 0 Å². The van der Waals surface area contributed by atoms with Gasteiger partial charge in [0.2, 0.25) is 10.0 Å². The predicted octanol–water partition coefficient (Wildman–Crippen LogP) is -0.878. The largest absolute Gasteiger partial charge is 0.389 e. The summed E-state index contributed by atoms with van der Waals surface area (Å²) in [4.78, 5) is 0. The Kier molecular flexibility index (Phi) is 3.52. The van der Waals surface area contributed by atoms with Crippen LogP contribution in [0, 0.1) is 0 Å². The monoisotopic (exact) mass is 222 g/mol. The molecular formula is C8H18N2O3S. The molecule has 1 atom stereocenters. The average molecular weight is 222 g/mol. The maximum atomic E-state index is 11.6. The van der Waals surface area contributed by atoms with Crippen LogP contribution in [0.25, 0.3) is 0 Å². The third-order valence-corrected chi connectivity index (χ3v) is 4.32. The van der Waals surface area contributed by atoms with Gasteiger partial charge in [0.25, 0.3) is 0 Å². The molecule has 3 N–H and O–H groups in total. The van der Waals surface area contributed by atoms with Crippen molar-refractivity contribution in [1.29, 1.82) is 0 Å². The molecule has 1 saturated heterocycles. The van der Waals surface area contributed by atoms with Crippen LogP contribution in [0.1, 0.15) is 19.8 Å². The topological polar surface area (TPSA) is 83.6 Å². The van der Waals surface area contributed by atoms with Gasteiger partial charge in [-0.3, -0.25) is 0 Å². The van der Waals surface area contributed by atoms with Crippen molar-refractivity contribution in [3.8, 4) is 0 Å². The van der Waals surface area contributed by atoms with Gasteiger partial charge in [-0.2, -0.15) is 4.31 Å². The first-order valence-electron chi connectivity index (χ1n) is 4.78. The summed E-state index contributed by atoms with van der Waals surface area (Å²) in [7, 11) is -3.20. The van der Waals surface area contributed by atoms with E-state index in [0.717, 1.165) is 0 Å². The molecule has 0 aromatic rings. The van der Waals surface area contributed by atoms with E-state index in [4.69, 9.17) is 5.73 Å². The number of hydrogen-bond donors (Lipinski definition) is 2. The molecule has 14 heavy (non-hydrogen) atoms. The van der Waals surface area contributed by atoms with Crippen molar-refractivity contribution < 1.29 is 13.5 Å². The molecule has 1 rings (SSSR count). The molecule has 1 heterocycles. The van der Waals surface area contributed by atoms with Crippen LogP contribution in [0.2, 0.25) is 0 Å². The summed E-state index contributed by atoms with van der Waals surface area (Å²) in [6.45, 7) is 2.66. The molecule has 1 unspecified atom stereocenters. The second-order valence-electron chi connectivity index (χ2n) is 4.04. The minimum Gasteiger partial charge on any atom is -0.389 e. The zero-order valence-corrected chi connectivity index (χ0v) is 9.26. The van der Waals surface area contributed by atoms with E-state index in [1.807, 2.05) is 0 Å². The van der Waals surface area contributed by atoms with Crippen molar-refractivity contribution in [2.45, 2.75) is 25.4 Å². The molecule has 5 nitrogen and oxygen atoms in total. The second kappa shape index (κ2) is 4.14. The highest BCUT2D eigenvalue weighted by Gasteiger charge is 2.37. The average Bonchev–Trinajstić information content (AvgIpc) is 2.43. The van der Waals surface area contributed by atoms with E-state index in [1.165, 1.54) is 4.31 Å². The Labute approximate surface area is 84.9 Å². The maximum absolute atomic E-state index is 11.6. The first-order chi connectivity index (χ1) is 6.37. The molecule has 0 radical (unpaired) electrons. The molecular weight excluding hydrogens is 204 g/mol. The van der Waals surface area contributed by atoms with Gasteiger partial charge in [-0.1, -0.05) is 0 Å². The van der Waals surface area contributed by atoms with Gasteiger partial charge in [0.05, 0.1) is 11.4 Å². The maximum Gasteiger partial charge on any atom is 0.214 e. The molecule has 0 bridgehead atoms. The van der Waals surface area contributed by atoms with E-state index in [2.05, 4.69) is 0 Å². The van der Waals surface area contributed by atoms with Crippen LogP contribution in [-0.2, 0) is 10.0 Å². The fourth-order valence-corrected chi connectivity index (χ4v) is 3.17. The lowest BCUT2D eigenvalue weighted by Gasteiger charge is -2.18. The van der Waals surface area contributed by atoms with Crippen LogP contribution >= 0.6 is 0 Å². The van der Waals surface area contributed by atoms with E-state index in [-0.39, 0.29) is 12.3 Å². The number of nitrogens with zero attached hydrogens (tertiary/aromatic N) is 1. The van der Waals surface area contributed by atoms with Crippen molar-refractivity contribution >= 4 is 10.0 Å². The molecule has 0 aliphatic carbocycles. The summed E-state index contributed by atoms with van der Waals surface area (Å²) in [5.41, 5.74) is 4.39. The van der Waals surface area contributed by atoms with Gasteiger partial charge in [-0.25, -0.2) is 8.42 Å². The molecule has 0 aromatic heterocycles. The summed E-state index contributed by atoms with van der Waals surface area (Å²) >= 11 is 0. The summed E-state index contributed by atoms with van der Waals surface area (Å²) in [5.74, 6) is 0.0829. The van der Waals surface area contributed by atoms with Crippen LogP contribution in [0.3, 0.4) is 0 Å². The highest BCUT2D eigenvalue weighted by atomic mass is 32.2. The Morgan fingerprint density at radius 3 is 2.64 bits per heavy atom. The van der Waals surface area contributed by atoms with Gasteiger partial charge in [0, 0.05) is 13.1 Å². The summed E-state index contributed by atoms with van der Waals surface area (Å²) < 4.78 is 24.6. The lowest BCUT2D eigenvalue weighted by Crippen LogP contribution is -2.35. The number of rotatable bonds is 4. The number of nitrogens with two attached hydrogens (primary N) is 1. The van der Waals surface area contributed by atoms with Gasteiger partial charge >= 0.3 is 0 Å². The standard InChI is InChI=1S/C8H18N2O3S/c1-8(11)3-5-10(7-8)14(12,13)6-2-4-9/h11H,2-7,9H2,1H3. The lowest BCUT2D eigenvalue weighted by molar-refractivity contribution is 0.0762. The Hall–Kier alpha value is -0.170. The van der Waals surface area contributed by atoms with Gasteiger partial charge < -0.3 is 10.8 Å². The van der Waals surface area contributed by atoms with Crippen molar-refractivity contribution in [3.63, 3.8) is 0 Å². The lowest BCUT2D eigenvalue weighted by atomic mass is 10.1.